The second-order valence-corrected chi connectivity index (χ2v) is 10.0. The fraction of sp³-hybridized carbons (Fsp3) is 0.364. The third-order valence-corrected chi connectivity index (χ3v) is 6.48. The van der Waals surface area contributed by atoms with Crippen LogP contribution in [0, 0.1) is 12.3 Å². The van der Waals surface area contributed by atoms with Crippen molar-refractivity contribution >= 4 is 45.7 Å². The third-order valence-electron chi connectivity index (χ3n) is 4.36. The number of amides is 1. The molecule has 2 aromatic heterocycles. The Labute approximate surface area is 184 Å². The minimum absolute atomic E-state index is 0.0132. The zero-order valence-corrected chi connectivity index (χ0v) is 19.4. The van der Waals surface area contributed by atoms with Crippen LogP contribution in [0.25, 0.3) is 10.9 Å². The van der Waals surface area contributed by atoms with E-state index in [0.29, 0.717) is 17.2 Å². The lowest BCUT2D eigenvalue weighted by molar-refractivity contribution is -0.128. The summed E-state index contributed by atoms with van der Waals surface area (Å²) in [7, 11) is 1.62. The van der Waals surface area contributed by atoms with Gasteiger partial charge in [-0.3, -0.25) is 9.59 Å². The SMILES string of the molecule is COc1ccc2nc(C)nc(SCC(=O)c3ccc(CNC(=O)C(C)(C)C)s3)c2c1. The van der Waals surface area contributed by atoms with Gasteiger partial charge in [0.1, 0.15) is 16.6 Å². The molecule has 3 aromatic rings. The van der Waals surface area contributed by atoms with Crippen LogP contribution in [0.5, 0.6) is 5.75 Å². The minimum Gasteiger partial charge on any atom is -0.497 e. The maximum absolute atomic E-state index is 12.7. The summed E-state index contributed by atoms with van der Waals surface area (Å²) in [6, 6.07) is 9.36. The number of carbonyl (C=O) groups is 2. The Hall–Kier alpha value is -2.45. The van der Waals surface area contributed by atoms with Crippen molar-refractivity contribution in [2.24, 2.45) is 5.41 Å². The quantitative estimate of drug-likeness (QED) is 0.325. The molecule has 3 rings (SSSR count). The number of rotatable bonds is 7. The summed E-state index contributed by atoms with van der Waals surface area (Å²) in [5.41, 5.74) is 0.388. The number of nitrogens with one attached hydrogen (secondary N) is 1. The Morgan fingerprint density at radius 1 is 1.17 bits per heavy atom. The molecule has 2 heterocycles. The van der Waals surface area contributed by atoms with Crippen molar-refractivity contribution in [3.63, 3.8) is 0 Å². The topological polar surface area (TPSA) is 81.2 Å². The number of thiophene rings is 1. The molecule has 0 spiro atoms. The maximum atomic E-state index is 12.7. The van der Waals surface area contributed by atoms with Crippen molar-refractivity contribution in [1.29, 1.82) is 0 Å². The average Bonchev–Trinajstić information content (AvgIpc) is 3.18. The largest absolute Gasteiger partial charge is 0.497 e. The first kappa shape index (κ1) is 22.2. The highest BCUT2D eigenvalue weighted by Crippen LogP contribution is 2.29. The third kappa shape index (κ3) is 5.37. The number of nitrogens with zero attached hydrogens (tertiary/aromatic N) is 2. The van der Waals surface area contributed by atoms with Crippen molar-refractivity contribution in [3.8, 4) is 5.75 Å². The van der Waals surface area contributed by atoms with Crippen LogP contribution in [0.3, 0.4) is 0 Å². The standard InChI is InChI=1S/C22H25N3O3S2/c1-13-24-17-8-6-14(28-5)10-16(17)20(25-13)29-12-18(26)19-9-7-15(30-19)11-23-21(27)22(2,3)4/h6-10H,11-12H2,1-5H3,(H,23,27). The summed E-state index contributed by atoms with van der Waals surface area (Å²) in [6.45, 7) is 7.88. The maximum Gasteiger partial charge on any atom is 0.225 e. The molecule has 0 saturated heterocycles. The number of carbonyl (C=O) groups excluding carboxylic acids is 2. The molecule has 30 heavy (non-hydrogen) atoms. The lowest BCUT2D eigenvalue weighted by atomic mass is 9.96. The highest BCUT2D eigenvalue weighted by Gasteiger charge is 2.21. The number of aromatic nitrogens is 2. The second-order valence-electron chi connectivity index (χ2n) is 7.87. The lowest BCUT2D eigenvalue weighted by Crippen LogP contribution is -2.34. The van der Waals surface area contributed by atoms with Crippen LogP contribution < -0.4 is 10.1 Å². The highest BCUT2D eigenvalue weighted by atomic mass is 32.2. The summed E-state index contributed by atoms with van der Waals surface area (Å²) in [4.78, 5) is 35.3. The van der Waals surface area contributed by atoms with E-state index in [-0.39, 0.29) is 17.4 Å². The second kappa shape index (κ2) is 9.14. The number of benzene rings is 1. The number of hydrogen-bond acceptors (Lipinski definition) is 7. The monoisotopic (exact) mass is 443 g/mol. The molecule has 1 aromatic carbocycles. The number of hydrogen-bond donors (Lipinski definition) is 1. The molecular weight excluding hydrogens is 418 g/mol. The van der Waals surface area contributed by atoms with Gasteiger partial charge in [0.2, 0.25) is 5.91 Å². The van der Waals surface area contributed by atoms with Gasteiger partial charge < -0.3 is 10.1 Å². The predicted molar refractivity (Wildman–Crippen MR) is 122 cm³/mol. The molecule has 1 N–H and O–H groups in total. The zero-order valence-electron chi connectivity index (χ0n) is 17.7. The summed E-state index contributed by atoms with van der Waals surface area (Å²) < 4.78 is 5.31. The van der Waals surface area contributed by atoms with Crippen LogP contribution in [0.2, 0.25) is 0 Å². The van der Waals surface area contributed by atoms with E-state index in [0.717, 1.165) is 26.6 Å². The summed E-state index contributed by atoms with van der Waals surface area (Å²) in [6.07, 6.45) is 0. The van der Waals surface area contributed by atoms with Crippen LogP contribution >= 0.6 is 23.1 Å². The molecule has 0 radical (unpaired) electrons. The summed E-state index contributed by atoms with van der Waals surface area (Å²) in [5.74, 6) is 1.68. The Kier molecular flexibility index (Phi) is 6.77. The molecule has 0 bridgehead atoms. The number of ether oxygens (including phenoxy) is 1. The van der Waals surface area contributed by atoms with Gasteiger partial charge in [-0.15, -0.1) is 11.3 Å². The first-order valence-corrected chi connectivity index (χ1v) is 11.3. The Morgan fingerprint density at radius 3 is 2.63 bits per heavy atom. The van der Waals surface area contributed by atoms with E-state index in [9.17, 15) is 9.59 Å². The first-order valence-electron chi connectivity index (χ1n) is 9.53. The number of fused-ring (bicyclic) bond motifs is 1. The smallest absolute Gasteiger partial charge is 0.225 e. The summed E-state index contributed by atoms with van der Waals surface area (Å²) in [5, 5.41) is 4.55. The van der Waals surface area contributed by atoms with Gasteiger partial charge in [0, 0.05) is 15.7 Å². The van der Waals surface area contributed by atoms with Crippen LogP contribution in [0.1, 0.15) is 41.1 Å². The van der Waals surface area contributed by atoms with Crippen LogP contribution in [-0.2, 0) is 11.3 Å². The Bertz CT molecular complexity index is 1090. The van der Waals surface area contributed by atoms with Crippen molar-refractivity contribution in [3.05, 3.63) is 45.9 Å². The molecule has 0 aliphatic heterocycles. The summed E-state index contributed by atoms with van der Waals surface area (Å²) >= 11 is 2.81. The molecular formula is C22H25N3O3S2. The van der Waals surface area contributed by atoms with Gasteiger partial charge in [0.05, 0.1) is 29.8 Å². The van der Waals surface area contributed by atoms with Gasteiger partial charge in [-0.1, -0.05) is 32.5 Å². The minimum atomic E-state index is -0.437. The number of thioether (sulfide) groups is 1. The van der Waals surface area contributed by atoms with Crippen molar-refractivity contribution < 1.29 is 14.3 Å². The van der Waals surface area contributed by atoms with E-state index < -0.39 is 5.41 Å². The van der Waals surface area contributed by atoms with Gasteiger partial charge in [0.15, 0.2) is 5.78 Å². The van der Waals surface area contributed by atoms with E-state index in [4.69, 9.17) is 4.74 Å². The van der Waals surface area contributed by atoms with E-state index >= 15 is 0 Å². The van der Waals surface area contributed by atoms with Gasteiger partial charge in [-0.2, -0.15) is 0 Å². The predicted octanol–water partition coefficient (Wildman–Crippen LogP) is 4.65. The van der Waals surface area contributed by atoms with Gasteiger partial charge in [0.25, 0.3) is 0 Å². The lowest BCUT2D eigenvalue weighted by Gasteiger charge is -2.17. The molecule has 0 fully saturated rings. The number of aryl methyl sites for hydroxylation is 1. The zero-order chi connectivity index (χ0) is 21.9. The van der Waals surface area contributed by atoms with Crippen LogP contribution in [0.15, 0.2) is 35.4 Å². The molecule has 6 nitrogen and oxygen atoms in total. The van der Waals surface area contributed by atoms with Crippen molar-refractivity contribution in [2.75, 3.05) is 12.9 Å². The van der Waals surface area contributed by atoms with E-state index in [1.165, 1.54) is 23.1 Å². The molecule has 0 unspecified atom stereocenters. The van der Waals surface area contributed by atoms with Gasteiger partial charge >= 0.3 is 0 Å². The van der Waals surface area contributed by atoms with Crippen molar-refractivity contribution in [1.82, 2.24) is 15.3 Å². The Morgan fingerprint density at radius 2 is 1.93 bits per heavy atom. The highest BCUT2D eigenvalue weighted by molar-refractivity contribution is 8.00. The van der Waals surface area contributed by atoms with E-state index in [2.05, 4.69) is 15.3 Å². The fourth-order valence-corrected chi connectivity index (χ4v) is 4.60. The first-order chi connectivity index (χ1) is 14.2. The fourth-order valence-electron chi connectivity index (χ4n) is 2.69. The normalized spacial score (nSPS) is 11.5. The molecule has 1 amide bonds. The molecule has 0 atom stereocenters. The van der Waals surface area contributed by atoms with Crippen molar-refractivity contribution in [2.45, 2.75) is 39.3 Å². The molecule has 0 saturated carbocycles. The number of Topliss-reactive ketones (excluding diaryl/α,β-unsaturated/α-hetero) is 1. The van der Waals surface area contributed by atoms with E-state index in [1.54, 1.807) is 7.11 Å². The Balaban J connectivity index is 1.68. The van der Waals surface area contributed by atoms with Crippen LogP contribution in [0.4, 0.5) is 0 Å². The van der Waals surface area contributed by atoms with E-state index in [1.807, 2.05) is 58.0 Å². The van der Waals surface area contributed by atoms with Gasteiger partial charge in [-0.25, -0.2) is 9.97 Å². The van der Waals surface area contributed by atoms with Gasteiger partial charge in [-0.05, 0) is 37.3 Å². The molecule has 158 valence electrons. The molecule has 8 heteroatoms. The molecule has 0 aliphatic rings. The number of methoxy groups -OCH3 is 1. The average molecular weight is 444 g/mol. The van der Waals surface area contributed by atoms with Crippen LogP contribution in [-0.4, -0.2) is 34.5 Å². The molecule has 0 aliphatic carbocycles. The number of ketones is 1.